The van der Waals surface area contributed by atoms with E-state index in [0.29, 0.717) is 31.1 Å². The van der Waals surface area contributed by atoms with Gasteiger partial charge in [-0.3, -0.25) is 4.79 Å². The van der Waals surface area contributed by atoms with Crippen molar-refractivity contribution >= 4 is 17.6 Å². The van der Waals surface area contributed by atoms with Crippen LogP contribution >= 0.6 is 11.6 Å². The minimum atomic E-state index is -0.851. The molecule has 0 aliphatic rings. The number of rotatable bonds is 9. The first-order valence-electron chi connectivity index (χ1n) is 8.32. The molecule has 2 aromatic carbocycles. The highest BCUT2D eigenvalue weighted by Crippen LogP contribution is 2.32. The van der Waals surface area contributed by atoms with E-state index in [4.69, 9.17) is 30.9 Å². The topological polar surface area (TPSA) is 65.0 Å². The van der Waals surface area contributed by atoms with Gasteiger partial charge in [-0.25, -0.2) is 0 Å². The van der Waals surface area contributed by atoms with Gasteiger partial charge in [0.25, 0.3) is 0 Å². The van der Waals surface area contributed by atoms with Gasteiger partial charge in [0, 0.05) is 11.4 Å². The van der Waals surface area contributed by atoms with Gasteiger partial charge in [0.1, 0.15) is 19.0 Å². The van der Waals surface area contributed by atoms with Gasteiger partial charge in [0.2, 0.25) is 0 Å². The Morgan fingerprint density at radius 2 is 1.77 bits per heavy atom. The van der Waals surface area contributed by atoms with Gasteiger partial charge in [-0.2, -0.15) is 0 Å². The Balaban J connectivity index is 1.99. The van der Waals surface area contributed by atoms with Crippen molar-refractivity contribution in [3.63, 3.8) is 0 Å². The number of benzene rings is 2. The molecule has 0 aromatic heterocycles. The first kappa shape index (κ1) is 19.9. The summed E-state index contributed by atoms with van der Waals surface area (Å²) >= 11 is 6.16. The zero-order valence-corrected chi connectivity index (χ0v) is 15.9. The average Bonchev–Trinajstić information content (AvgIpc) is 2.61. The summed E-state index contributed by atoms with van der Waals surface area (Å²) in [7, 11) is 1.55. The maximum atomic E-state index is 10.8. The lowest BCUT2D eigenvalue weighted by Gasteiger charge is -2.15. The molecule has 0 aliphatic heterocycles. The largest absolute Gasteiger partial charge is 0.493 e. The molecule has 0 saturated carbocycles. The van der Waals surface area contributed by atoms with Crippen molar-refractivity contribution in [3.05, 3.63) is 52.0 Å². The zero-order valence-electron chi connectivity index (χ0n) is 15.2. The molecule has 0 fully saturated rings. The number of hydrogen-bond donors (Lipinski definition) is 1. The second kappa shape index (κ2) is 9.34. The van der Waals surface area contributed by atoms with Gasteiger partial charge >= 0.3 is 5.97 Å². The van der Waals surface area contributed by atoms with Crippen LogP contribution in [0, 0.1) is 13.8 Å². The predicted octanol–water partition coefficient (Wildman–Crippen LogP) is 4.44. The van der Waals surface area contributed by atoms with Crippen LogP contribution in [0.1, 0.15) is 23.1 Å². The fraction of sp³-hybridized carbons (Fsp3) is 0.350. The summed E-state index contributed by atoms with van der Waals surface area (Å²) < 4.78 is 16.9. The van der Waals surface area contributed by atoms with E-state index in [1.807, 2.05) is 38.1 Å². The van der Waals surface area contributed by atoms with E-state index in [9.17, 15) is 4.79 Å². The van der Waals surface area contributed by atoms with E-state index in [1.54, 1.807) is 13.2 Å². The van der Waals surface area contributed by atoms with Crippen LogP contribution in [-0.2, 0) is 11.2 Å². The second-order valence-corrected chi connectivity index (χ2v) is 6.29. The van der Waals surface area contributed by atoms with Crippen LogP contribution in [0.15, 0.2) is 30.3 Å². The molecule has 0 radical (unpaired) electrons. The van der Waals surface area contributed by atoms with Gasteiger partial charge in [-0.05, 0) is 55.2 Å². The van der Waals surface area contributed by atoms with E-state index in [2.05, 4.69) is 0 Å². The third kappa shape index (κ3) is 5.30. The SMILES string of the molecule is COc1cccc(CCC(=O)O)c1OCCOc1cc(C)c(Cl)c(C)c1. The number of aryl methyl sites for hydroxylation is 3. The normalized spacial score (nSPS) is 10.5. The Labute approximate surface area is 158 Å². The predicted molar refractivity (Wildman–Crippen MR) is 101 cm³/mol. The fourth-order valence-corrected chi connectivity index (χ4v) is 2.73. The first-order valence-corrected chi connectivity index (χ1v) is 8.70. The molecule has 0 unspecified atom stereocenters. The molecule has 140 valence electrons. The molecular formula is C20H23ClO5. The summed E-state index contributed by atoms with van der Waals surface area (Å²) in [6.07, 6.45) is 0.404. The molecule has 26 heavy (non-hydrogen) atoms. The Morgan fingerprint density at radius 1 is 1.12 bits per heavy atom. The van der Waals surface area contributed by atoms with Crippen molar-refractivity contribution in [2.75, 3.05) is 20.3 Å². The van der Waals surface area contributed by atoms with Crippen LogP contribution in [0.4, 0.5) is 0 Å². The number of methoxy groups -OCH3 is 1. The molecule has 2 rings (SSSR count). The zero-order chi connectivity index (χ0) is 19.1. The molecule has 0 aliphatic carbocycles. The van der Waals surface area contributed by atoms with Crippen LogP contribution in [0.5, 0.6) is 17.2 Å². The Hall–Kier alpha value is -2.40. The lowest BCUT2D eigenvalue weighted by atomic mass is 10.1. The molecule has 0 atom stereocenters. The number of para-hydroxylation sites is 1. The molecule has 0 amide bonds. The highest BCUT2D eigenvalue weighted by molar-refractivity contribution is 6.32. The first-order chi connectivity index (χ1) is 12.4. The third-order valence-electron chi connectivity index (χ3n) is 3.90. The Kier molecular flexibility index (Phi) is 7.16. The molecule has 1 N–H and O–H groups in total. The molecule has 0 heterocycles. The standard InChI is InChI=1S/C20H23ClO5/c1-13-11-16(12-14(2)19(13)21)25-9-10-26-20-15(7-8-18(22)23)5-4-6-17(20)24-3/h4-6,11-12H,7-10H2,1-3H3,(H,22,23). The molecule has 6 heteroatoms. The summed E-state index contributed by atoms with van der Waals surface area (Å²) in [5.41, 5.74) is 2.72. The van der Waals surface area contributed by atoms with E-state index in [-0.39, 0.29) is 6.42 Å². The average molecular weight is 379 g/mol. The van der Waals surface area contributed by atoms with Crippen LogP contribution in [0.2, 0.25) is 5.02 Å². The minimum Gasteiger partial charge on any atom is -0.493 e. The third-order valence-corrected chi connectivity index (χ3v) is 4.49. The maximum Gasteiger partial charge on any atom is 0.303 e. The molecule has 5 nitrogen and oxygen atoms in total. The number of ether oxygens (including phenoxy) is 3. The fourth-order valence-electron chi connectivity index (χ4n) is 2.62. The van der Waals surface area contributed by atoms with E-state index < -0.39 is 5.97 Å². The van der Waals surface area contributed by atoms with Crippen molar-refractivity contribution in [3.8, 4) is 17.2 Å². The Bertz CT molecular complexity index is 750. The number of carboxylic acids is 1. The number of carbonyl (C=O) groups is 1. The van der Waals surface area contributed by atoms with Gasteiger partial charge in [0.05, 0.1) is 7.11 Å². The van der Waals surface area contributed by atoms with E-state index in [0.717, 1.165) is 27.5 Å². The summed E-state index contributed by atoms with van der Waals surface area (Å²) in [6.45, 7) is 4.52. The molecule has 2 aromatic rings. The van der Waals surface area contributed by atoms with Gasteiger partial charge in [-0.1, -0.05) is 23.7 Å². The van der Waals surface area contributed by atoms with Crippen molar-refractivity contribution in [1.82, 2.24) is 0 Å². The highest BCUT2D eigenvalue weighted by atomic mass is 35.5. The minimum absolute atomic E-state index is 0.0311. The smallest absolute Gasteiger partial charge is 0.303 e. The van der Waals surface area contributed by atoms with Crippen LogP contribution in [-0.4, -0.2) is 31.4 Å². The second-order valence-electron chi connectivity index (χ2n) is 5.91. The maximum absolute atomic E-state index is 10.8. The number of hydrogen-bond acceptors (Lipinski definition) is 4. The van der Waals surface area contributed by atoms with Crippen molar-refractivity contribution < 1.29 is 24.1 Å². The number of carboxylic acid groups (broad SMARTS) is 1. The van der Waals surface area contributed by atoms with Gasteiger partial charge in [0.15, 0.2) is 11.5 Å². The van der Waals surface area contributed by atoms with Crippen molar-refractivity contribution in [1.29, 1.82) is 0 Å². The molecular weight excluding hydrogens is 356 g/mol. The lowest BCUT2D eigenvalue weighted by molar-refractivity contribution is -0.136. The highest BCUT2D eigenvalue weighted by Gasteiger charge is 2.12. The lowest BCUT2D eigenvalue weighted by Crippen LogP contribution is -2.11. The number of aliphatic carboxylic acids is 1. The Morgan fingerprint density at radius 3 is 2.38 bits per heavy atom. The van der Waals surface area contributed by atoms with E-state index >= 15 is 0 Å². The van der Waals surface area contributed by atoms with Gasteiger partial charge < -0.3 is 19.3 Å². The van der Waals surface area contributed by atoms with Crippen molar-refractivity contribution in [2.24, 2.45) is 0 Å². The molecule has 0 bridgehead atoms. The molecule has 0 saturated heterocycles. The summed E-state index contributed by atoms with van der Waals surface area (Å²) in [4.78, 5) is 10.8. The van der Waals surface area contributed by atoms with E-state index in [1.165, 1.54) is 0 Å². The van der Waals surface area contributed by atoms with Gasteiger partial charge in [-0.15, -0.1) is 0 Å². The summed E-state index contributed by atoms with van der Waals surface area (Å²) in [5.74, 6) is 1.02. The van der Waals surface area contributed by atoms with Crippen LogP contribution in [0.25, 0.3) is 0 Å². The monoisotopic (exact) mass is 378 g/mol. The van der Waals surface area contributed by atoms with Crippen LogP contribution < -0.4 is 14.2 Å². The quantitative estimate of drug-likeness (QED) is 0.653. The van der Waals surface area contributed by atoms with Crippen LogP contribution in [0.3, 0.4) is 0 Å². The van der Waals surface area contributed by atoms with Crippen molar-refractivity contribution in [2.45, 2.75) is 26.7 Å². The summed E-state index contributed by atoms with van der Waals surface area (Å²) in [5, 5.41) is 9.64. The number of halogens is 1. The summed E-state index contributed by atoms with van der Waals surface area (Å²) in [6, 6.07) is 9.21. The molecule has 0 spiro atoms.